The molecule has 124 valence electrons. The molecule has 1 heterocycles. The van der Waals surface area contributed by atoms with Gasteiger partial charge in [0, 0.05) is 12.4 Å². The average molecular weight is 326 g/mol. The third-order valence-electron chi connectivity index (χ3n) is 3.71. The van der Waals surface area contributed by atoms with Gasteiger partial charge in [-0.05, 0) is 23.3 Å². The molecule has 2 aromatic carbocycles. The number of nitrogens with one attached hydrogen (secondary N) is 1. The van der Waals surface area contributed by atoms with Gasteiger partial charge in [-0.2, -0.15) is 0 Å². The number of ether oxygens (including phenoxy) is 2. The van der Waals surface area contributed by atoms with Gasteiger partial charge in [0.25, 0.3) is 0 Å². The predicted molar refractivity (Wildman–Crippen MR) is 83.2 cm³/mol. The van der Waals surface area contributed by atoms with E-state index in [9.17, 15) is 14.7 Å². The number of carbonyl (C=O) groups is 2. The first kappa shape index (κ1) is 15.9. The highest BCUT2D eigenvalue weighted by Gasteiger charge is 2.20. The Labute approximate surface area is 139 Å². The number of hydrogen-bond acceptors (Lipinski definition) is 5. The molecule has 1 N–H and O–H groups in total. The number of carbonyl (C=O) groups excluding carboxylic acids is 2. The third kappa shape index (κ3) is 3.84. The number of aliphatic carboxylic acids is 1. The van der Waals surface area contributed by atoms with Gasteiger partial charge in [0.1, 0.15) is 0 Å². The second-order valence-corrected chi connectivity index (χ2v) is 5.47. The quantitative estimate of drug-likeness (QED) is 0.854. The molecule has 0 spiro atoms. The Morgan fingerprint density at radius 2 is 1.83 bits per heavy atom. The Morgan fingerprint density at radius 3 is 2.58 bits per heavy atom. The molecule has 0 aromatic heterocycles. The van der Waals surface area contributed by atoms with E-state index in [-0.39, 0.29) is 25.5 Å². The molecule has 0 saturated heterocycles. The second-order valence-electron chi connectivity index (χ2n) is 5.47. The Bertz CT molecular complexity index is 744. The van der Waals surface area contributed by atoms with E-state index < -0.39 is 12.0 Å². The molecule has 0 saturated carbocycles. The van der Waals surface area contributed by atoms with E-state index >= 15 is 0 Å². The van der Waals surface area contributed by atoms with Crippen LogP contribution in [0.5, 0.6) is 11.5 Å². The van der Waals surface area contributed by atoms with Crippen molar-refractivity contribution in [2.75, 3.05) is 6.79 Å². The summed E-state index contributed by atoms with van der Waals surface area (Å²) < 4.78 is 10.5. The number of benzene rings is 2. The van der Waals surface area contributed by atoms with Crippen molar-refractivity contribution in [3.63, 3.8) is 0 Å². The summed E-state index contributed by atoms with van der Waals surface area (Å²) in [5.74, 6) is -0.363. The first-order chi connectivity index (χ1) is 11.6. The van der Waals surface area contributed by atoms with Crippen LogP contribution in [0.2, 0.25) is 0 Å². The van der Waals surface area contributed by atoms with Crippen LogP contribution in [0.4, 0.5) is 0 Å². The minimum atomic E-state index is -1.24. The summed E-state index contributed by atoms with van der Waals surface area (Å²) >= 11 is 0. The molecule has 3 rings (SSSR count). The average Bonchev–Trinajstić information content (AvgIpc) is 3.02. The number of rotatable bonds is 6. The molecule has 0 radical (unpaired) electrons. The molecule has 1 amide bonds. The van der Waals surface area contributed by atoms with E-state index in [0.29, 0.717) is 17.1 Å². The molecule has 6 nitrogen and oxygen atoms in total. The zero-order chi connectivity index (χ0) is 16.9. The van der Waals surface area contributed by atoms with Gasteiger partial charge in [0.2, 0.25) is 12.7 Å². The Hall–Kier alpha value is -3.02. The monoisotopic (exact) mass is 326 g/mol. The lowest BCUT2D eigenvalue weighted by atomic mass is 10.0. The molecule has 24 heavy (non-hydrogen) atoms. The summed E-state index contributed by atoms with van der Waals surface area (Å²) in [6.07, 6.45) is -0.144. The number of hydrogen-bond donors (Lipinski definition) is 1. The minimum absolute atomic E-state index is 0.129. The van der Waals surface area contributed by atoms with Crippen LogP contribution in [-0.2, 0) is 16.0 Å². The molecule has 6 heteroatoms. The van der Waals surface area contributed by atoms with Crippen LogP contribution >= 0.6 is 0 Å². The lowest BCUT2D eigenvalue weighted by Gasteiger charge is -2.20. The van der Waals surface area contributed by atoms with E-state index in [0.717, 1.165) is 5.56 Å². The molecule has 0 unspecified atom stereocenters. The van der Waals surface area contributed by atoms with Crippen LogP contribution in [0.1, 0.15) is 23.6 Å². The van der Waals surface area contributed by atoms with Crippen molar-refractivity contribution in [1.29, 1.82) is 0 Å². The summed E-state index contributed by atoms with van der Waals surface area (Å²) in [7, 11) is 0. The van der Waals surface area contributed by atoms with Crippen molar-refractivity contribution >= 4 is 11.9 Å². The molecule has 0 fully saturated rings. The molecule has 1 aliphatic rings. The van der Waals surface area contributed by atoms with Gasteiger partial charge >= 0.3 is 0 Å². The van der Waals surface area contributed by atoms with Gasteiger partial charge in [0.05, 0.1) is 12.5 Å². The van der Waals surface area contributed by atoms with Crippen LogP contribution in [0.3, 0.4) is 0 Å². The third-order valence-corrected chi connectivity index (χ3v) is 3.71. The van der Waals surface area contributed by atoms with Crippen LogP contribution in [0.25, 0.3) is 0 Å². The summed E-state index contributed by atoms with van der Waals surface area (Å²) in [5.41, 5.74) is 1.48. The van der Waals surface area contributed by atoms with Crippen molar-refractivity contribution in [2.45, 2.75) is 18.9 Å². The second kappa shape index (κ2) is 7.04. The fourth-order valence-corrected chi connectivity index (χ4v) is 2.58. The highest BCUT2D eigenvalue weighted by molar-refractivity contribution is 5.79. The van der Waals surface area contributed by atoms with Gasteiger partial charge in [-0.15, -0.1) is 0 Å². The molecular weight excluding hydrogens is 310 g/mol. The van der Waals surface area contributed by atoms with Crippen LogP contribution < -0.4 is 19.9 Å². The number of carboxylic acids is 1. The zero-order valence-electron chi connectivity index (χ0n) is 12.9. The summed E-state index contributed by atoms with van der Waals surface area (Å²) in [4.78, 5) is 23.3. The smallest absolute Gasteiger partial charge is 0.231 e. The Balaban J connectivity index is 1.74. The number of carboxylic acid groups (broad SMARTS) is 1. The van der Waals surface area contributed by atoms with Crippen molar-refractivity contribution in [2.24, 2.45) is 0 Å². The highest BCUT2D eigenvalue weighted by atomic mass is 16.7. The largest absolute Gasteiger partial charge is 0.550 e. The summed E-state index contributed by atoms with van der Waals surface area (Å²) in [5, 5.41) is 13.8. The Morgan fingerprint density at radius 1 is 1.08 bits per heavy atom. The molecule has 0 bridgehead atoms. The standard InChI is InChI=1S/C18H17NO5/c20-17(8-12-4-2-1-3-5-12)19-14(10-18(21)22)13-6-7-15-16(9-13)24-11-23-15/h1-7,9,14H,8,10-11H2,(H,19,20)(H,21,22)/p-1/t14-/m1/s1. The fraction of sp³-hybridized carbons (Fsp3) is 0.222. The van der Waals surface area contributed by atoms with Crippen molar-refractivity contribution in [3.8, 4) is 11.5 Å². The van der Waals surface area contributed by atoms with Gasteiger partial charge in [-0.1, -0.05) is 36.4 Å². The van der Waals surface area contributed by atoms with Crippen molar-refractivity contribution in [1.82, 2.24) is 5.32 Å². The zero-order valence-corrected chi connectivity index (χ0v) is 12.9. The number of fused-ring (bicyclic) bond motifs is 1. The molecule has 2 aromatic rings. The van der Waals surface area contributed by atoms with Gasteiger partial charge in [-0.3, -0.25) is 4.79 Å². The summed E-state index contributed by atoms with van der Waals surface area (Å²) in [6, 6.07) is 13.6. The van der Waals surface area contributed by atoms with E-state index in [2.05, 4.69) is 5.32 Å². The number of amides is 1. The van der Waals surface area contributed by atoms with Crippen molar-refractivity contribution < 1.29 is 24.2 Å². The topological polar surface area (TPSA) is 87.7 Å². The van der Waals surface area contributed by atoms with Gasteiger partial charge in [-0.25, -0.2) is 0 Å². The maximum atomic E-state index is 12.2. The van der Waals surface area contributed by atoms with E-state index in [1.165, 1.54) is 0 Å². The first-order valence-electron chi connectivity index (χ1n) is 7.54. The van der Waals surface area contributed by atoms with E-state index in [1.807, 2.05) is 30.3 Å². The molecule has 1 aliphatic heterocycles. The predicted octanol–water partition coefficient (Wildman–Crippen LogP) is 0.955. The lowest BCUT2D eigenvalue weighted by molar-refractivity contribution is -0.306. The maximum Gasteiger partial charge on any atom is 0.231 e. The van der Waals surface area contributed by atoms with Gasteiger partial charge in [0.15, 0.2) is 11.5 Å². The van der Waals surface area contributed by atoms with E-state index in [4.69, 9.17) is 9.47 Å². The normalized spacial score (nSPS) is 13.3. The van der Waals surface area contributed by atoms with E-state index in [1.54, 1.807) is 18.2 Å². The highest BCUT2D eigenvalue weighted by Crippen LogP contribution is 2.34. The fourth-order valence-electron chi connectivity index (χ4n) is 2.58. The van der Waals surface area contributed by atoms with Crippen LogP contribution in [-0.4, -0.2) is 18.7 Å². The molecular formula is C18H16NO5-. The van der Waals surface area contributed by atoms with Crippen molar-refractivity contribution in [3.05, 3.63) is 59.7 Å². The van der Waals surface area contributed by atoms with Crippen LogP contribution in [0.15, 0.2) is 48.5 Å². The van der Waals surface area contributed by atoms with Crippen LogP contribution in [0, 0.1) is 0 Å². The van der Waals surface area contributed by atoms with Gasteiger partial charge < -0.3 is 24.7 Å². The SMILES string of the molecule is O=C([O-])C[C@@H](NC(=O)Cc1ccccc1)c1ccc2c(c1)OCO2. The lowest BCUT2D eigenvalue weighted by Crippen LogP contribution is -2.35. The summed E-state index contributed by atoms with van der Waals surface area (Å²) in [6.45, 7) is 0.129. The molecule has 1 atom stereocenters. The molecule has 0 aliphatic carbocycles. The Kier molecular flexibility index (Phi) is 4.65. The minimum Gasteiger partial charge on any atom is -0.550 e. The maximum absolute atomic E-state index is 12.2. The first-order valence-corrected chi connectivity index (χ1v) is 7.54.